The first kappa shape index (κ1) is 15.7. The number of anilines is 1. The van der Waals surface area contributed by atoms with E-state index in [1.165, 1.54) is 0 Å². The molecule has 2 aromatic heterocycles. The summed E-state index contributed by atoms with van der Waals surface area (Å²) < 4.78 is 0. The summed E-state index contributed by atoms with van der Waals surface area (Å²) in [5.41, 5.74) is 7.66. The number of aromatic nitrogens is 4. The van der Waals surface area contributed by atoms with Gasteiger partial charge >= 0.3 is 5.69 Å². The van der Waals surface area contributed by atoms with Crippen molar-refractivity contribution in [1.82, 2.24) is 19.9 Å². The van der Waals surface area contributed by atoms with Crippen molar-refractivity contribution in [3.05, 3.63) is 46.9 Å². The van der Waals surface area contributed by atoms with Crippen molar-refractivity contribution in [3.8, 4) is 0 Å². The average molecular weight is 347 g/mol. The Morgan fingerprint density at radius 1 is 1.04 bits per heavy atom. The van der Waals surface area contributed by atoms with Crippen LogP contribution in [0.2, 0.25) is 0 Å². The van der Waals surface area contributed by atoms with E-state index >= 15 is 0 Å². The monoisotopic (exact) mass is 347 g/mol. The van der Waals surface area contributed by atoms with Gasteiger partial charge in [-0.15, -0.1) is 0 Å². The Labute approximate surface area is 145 Å². The molecule has 5 aromatic rings. The molecule has 5 rings (SSSR count). The van der Waals surface area contributed by atoms with E-state index in [4.69, 9.17) is 15.6 Å². The molecule has 0 bridgehead atoms. The molecule has 0 unspecified atom stereocenters. The van der Waals surface area contributed by atoms with E-state index in [1.807, 2.05) is 24.3 Å². The normalized spacial score (nSPS) is 11.1. The molecule has 0 spiro atoms. The highest BCUT2D eigenvalue weighted by molar-refractivity contribution is 6.28. The second-order valence-electron chi connectivity index (χ2n) is 5.78. The lowest BCUT2D eigenvalue weighted by Gasteiger charge is -2.00. The summed E-state index contributed by atoms with van der Waals surface area (Å²) in [7, 11) is 0. The first-order chi connectivity index (χ1) is 12.5. The van der Waals surface area contributed by atoms with Gasteiger partial charge in [0.1, 0.15) is 5.52 Å². The van der Waals surface area contributed by atoms with Crippen LogP contribution in [0.25, 0.3) is 43.7 Å². The third-order valence-electron chi connectivity index (χ3n) is 4.02. The third-order valence-corrected chi connectivity index (χ3v) is 4.02. The average Bonchev–Trinajstić information content (AvgIpc) is 2.89. The summed E-state index contributed by atoms with van der Waals surface area (Å²) in [5, 5.41) is 11.8. The van der Waals surface area contributed by atoms with Crippen LogP contribution in [0.5, 0.6) is 0 Å². The van der Waals surface area contributed by atoms with E-state index in [0.717, 1.165) is 39.5 Å². The minimum absolute atomic E-state index is 0.0946. The van der Waals surface area contributed by atoms with Gasteiger partial charge in [0, 0.05) is 23.1 Å². The molecule has 3 aromatic carbocycles. The molecule has 26 heavy (non-hydrogen) atoms. The molecule has 128 valence electrons. The number of nitrogen functional groups attached to an aromatic ring is 1. The molecule has 0 fully saturated rings. The molecular formula is C18H13N5O3. The standard InChI is InChI=1S/C16H9N5O.C2H4O2/c17-14-13-15(21-16(22)20-14)19-12-9-6-2-4-7-3-1-5-8(10(7)9)11(12)18-13;1-2(3)4/h1-6H,(H3,17,19,20,21,22);1H3,(H,3,4). The fourth-order valence-electron chi connectivity index (χ4n) is 3.13. The second kappa shape index (κ2) is 5.62. The summed E-state index contributed by atoms with van der Waals surface area (Å²) in [5.74, 6) is -0.739. The molecule has 0 amide bonds. The number of carboxylic acids is 1. The van der Waals surface area contributed by atoms with Crippen molar-refractivity contribution in [2.75, 3.05) is 5.73 Å². The number of hydrogen-bond donors (Lipinski definition) is 3. The van der Waals surface area contributed by atoms with Crippen molar-refractivity contribution in [2.24, 2.45) is 0 Å². The molecular weight excluding hydrogens is 334 g/mol. The van der Waals surface area contributed by atoms with Gasteiger partial charge in [-0.2, -0.15) is 9.97 Å². The van der Waals surface area contributed by atoms with Crippen molar-refractivity contribution in [3.63, 3.8) is 0 Å². The van der Waals surface area contributed by atoms with Crippen molar-refractivity contribution < 1.29 is 9.90 Å². The first-order valence-corrected chi connectivity index (χ1v) is 7.75. The molecule has 0 saturated carbocycles. The number of rotatable bonds is 0. The maximum Gasteiger partial charge on any atom is 0.371 e. The molecule has 0 aliphatic rings. The lowest BCUT2D eigenvalue weighted by atomic mass is 10.1. The number of aromatic amines is 1. The summed E-state index contributed by atoms with van der Waals surface area (Å²) in [6.07, 6.45) is 0. The van der Waals surface area contributed by atoms with Gasteiger partial charge in [0.05, 0.1) is 11.0 Å². The zero-order chi connectivity index (χ0) is 18.4. The van der Waals surface area contributed by atoms with E-state index < -0.39 is 11.7 Å². The predicted molar refractivity (Wildman–Crippen MR) is 99.4 cm³/mol. The largest absolute Gasteiger partial charge is 0.481 e. The van der Waals surface area contributed by atoms with Crippen LogP contribution >= 0.6 is 0 Å². The Balaban J connectivity index is 0.000000385. The highest BCUT2D eigenvalue weighted by Crippen LogP contribution is 2.36. The Hall–Kier alpha value is -3.81. The van der Waals surface area contributed by atoms with Crippen LogP contribution in [0.4, 0.5) is 5.82 Å². The molecule has 2 heterocycles. The van der Waals surface area contributed by atoms with Crippen molar-refractivity contribution >= 4 is 55.5 Å². The number of hydrogen-bond acceptors (Lipinski definition) is 6. The number of nitrogens with two attached hydrogens (primary N) is 1. The number of carbonyl (C=O) groups is 1. The number of nitrogens with one attached hydrogen (secondary N) is 1. The topological polar surface area (TPSA) is 135 Å². The van der Waals surface area contributed by atoms with E-state index in [9.17, 15) is 4.79 Å². The fraction of sp³-hybridized carbons (Fsp3) is 0.0556. The van der Waals surface area contributed by atoms with Crippen LogP contribution in [-0.4, -0.2) is 31.0 Å². The maximum atomic E-state index is 11.5. The molecule has 0 aliphatic carbocycles. The van der Waals surface area contributed by atoms with Crippen LogP contribution < -0.4 is 11.4 Å². The second-order valence-corrected chi connectivity index (χ2v) is 5.78. The van der Waals surface area contributed by atoms with Crippen LogP contribution in [0.1, 0.15) is 6.92 Å². The lowest BCUT2D eigenvalue weighted by Crippen LogP contribution is -2.14. The van der Waals surface area contributed by atoms with Gasteiger partial charge in [-0.1, -0.05) is 36.4 Å². The maximum absolute atomic E-state index is 11.5. The van der Waals surface area contributed by atoms with Crippen molar-refractivity contribution in [1.29, 1.82) is 0 Å². The van der Waals surface area contributed by atoms with Gasteiger partial charge < -0.3 is 15.8 Å². The number of carboxylic acid groups (broad SMARTS) is 1. The Morgan fingerprint density at radius 2 is 1.69 bits per heavy atom. The minimum Gasteiger partial charge on any atom is -0.481 e. The van der Waals surface area contributed by atoms with Crippen LogP contribution in [-0.2, 0) is 4.79 Å². The Bertz CT molecular complexity index is 1350. The zero-order valence-corrected chi connectivity index (χ0v) is 13.6. The fourth-order valence-corrected chi connectivity index (χ4v) is 3.13. The van der Waals surface area contributed by atoms with Crippen LogP contribution in [0.3, 0.4) is 0 Å². The van der Waals surface area contributed by atoms with E-state index in [2.05, 4.69) is 32.1 Å². The SMILES string of the molecule is CC(=O)O.Nc1nc(=O)nc2[nH]c3c4cccc5cccc(c3nc12)c54. The van der Waals surface area contributed by atoms with Crippen LogP contribution in [0.15, 0.2) is 41.2 Å². The third kappa shape index (κ3) is 2.35. The summed E-state index contributed by atoms with van der Waals surface area (Å²) >= 11 is 0. The minimum atomic E-state index is -0.833. The van der Waals surface area contributed by atoms with Gasteiger partial charge in [0.2, 0.25) is 0 Å². The Morgan fingerprint density at radius 3 is 2.38 bits per heavy atom. The Kier molecular flexibility index (Phi) is 3.40. The number of benzene rings is 2. The molecule has 4 N–H and O–H groups in total. The van der Waals surface area contributed by atoms with E-state index in [0.29, 0.717) is 11.2 Å². The summed E-state index contributed by atoms with van der Waals surface area (Å²) in [4.78, 5) is 35.8. The lowest BCUT2D eigenvalue weighted by molar-refractivity contribution is -0.134. The van der Waals surface area contributed by atoms with Crippen molar-refractivity contribution in [2.45, 2.75) is 6.92 Å². The van der Waals surface area contributed by atoms with Gasteiger partial charge in [-0.05, 0) is 5.39 Å². The van der Waals surface area contributed by atoms with Gasteiger partial charge in [0.25, 0.3) is 5.97 Å². The molecule has 8 heteroatoms. The molecule has 8 nitrogen and oxygen atoms in total. The first-order valence-electron chi connectivity index (χ1n) is 7.75. The highest BCUT2D eigenvalue weighted by atomic mass is 16.4. The number of aliphatic carboxylic acids is 1. The predicted octanol–water partition coefficient (Wildman–Crippen LogP) is 2.28. The van der Waals surface area contributed by atoms with E-state index in [1.54, 1.807) is 0 Å². The number of H-pyrrole nitrogens is 1. The molecule has 0 atom stereocenters. The van der Waals surface area contributed by atoms with Crippen LogP contribution in [0, 0.1) is 0 Å². The smallest absolute Gasteiger partial charge is 0.371 e. The molecule has 0 aliphatic heterocycles. The number of fused-ring (bicyclic) bond motifs is 4. The zero-order valence-electron chi connectivity index (χ0n) is 13.6. The summed E-state index contributed by atoms with van der Waals surface area (Å²) in [6, 6.07) is 12.2. The quantitative estimate of drug-likeness (QED) is 0.391. The number of nitrogens with zero attached hydrogens (tertiary/aromatic N) is 3. The molecule has 0 saturated heterocycles. The van der Waals surface area contributed by atoms with Gasteiger partial charge in [0.15, 0.2) is 11.5 Å². The van der Waals surface area contributed by atoms with E-state index in [-0.39, 0.29) is 5.82 Å². The molecule has 0 radical (unpaired) electrons. The highest BCUT2D eigenvalue weighted by Gasteiger charge is 2.15. The van der Waals surface area contributed by atoms with Gasteiger partial charge in [-0.3, -0.25) is 4.79 Å². The summed E-state index contributed by atoms with van der Waals surface area (Å²) in [6.45, 7) is 1.08. The van der Waals surface area contributed by atoms with Gasteiger partial charge in [-0.25, -0.2) is 9.78 Å².